The first-order chi connectivity index (χ1) is 16.5. The Hall–Kier alpha value is -4.40. The van der Waals surface area contributed by atoms with Crippen molar-refractivity contribution in [1.82, 2.24) is 15.1 Å². The highest BCUT2D eigenvalue weighted by Crippen LogP contribution is 2.29. The molecule has 2 aromatic heterocycles. The van der Waals surface area contributed by atoms with Gasteiger partial charge in [-0.25, -0.2) is 0 Å². The number of aryl methyl sites for hydroxylation is 1. The number of nitrogens with zero attached hydrogens (tertiary/aromatic N) is 2. The summed E-state index contributed by atoms with van der Waals surface area (Å²) < 4.78 is 5.42. The lowest BCUT2D eigenvalue weighted by Gasteiger charge is -2.14. The van der Waals surface area contributed by atoms with Gasteiger partial charge < -0.3 is 14.6 Å². The number of aromatic amines is 1. The minimum absolute atomic E-state index is 0.128. The fourth-order valence-electron chi connectivity index (χ4n) is 4.08. The number of fused-ring (bicyclic) bond motifs is 2. The van der Waals surface area contributed by atoms with E-state index in [-0.39, 0.29) is 29.4 Å². The van der Waals surface area contributed by atoms with Gasteiger partial charge in [-0.3, -0.25) is 24.8 Å². The maximum absolute atomic E-state index is 12.8. The lowest BCUT2D eigenvalue weighted by Crippen LogP contribution is -2.25. The number of furan rings is 1. The van der Waals surface area contributed by atoms with E-state index in [2.05, 4.69) is 45.1 Å². The summed E-state index contributed by atoms with van der Waals surface area (Å²) >= 11 is 0. The fraction of sp³-hybridized carbons (Fsp3) is 0.200. The van der Waals surface area contributed by atoms with Crippen molar-refractivity contribution >= 4 is 40.2 Å². The maximum Gasteiger partial charge on any atom is 0.290 e. The predicted molar refractivity (Wildman–Crippen MR) is 126 cm³/mol. The summed E-state index contributed by atoms with van der Waals surface area (Å²) in [5.74, 6) is 0.0502. The highest BCUT2D eigenvalue weighted by atomic mass is 16.4. The standard InChI is InChI=1S/C25H23N5O4/c1-15(31)26-23-11-9-21(34-23)25(33)30-13-19-20(14-30)28-29-24(19)27-22(32)10-7-16-6-8-17-4-2-3-5-18(17)12-16/h2-6,8-9,11-12H,7,10,13-14H2,1H3,(H,26,31)(H2,27,28,29,32). The molecule has 1 aliphatic rings. The number of anilines is 2. The number of H-pyrrole nitrogens is 1. The van der Waals surface area contributed by atoms with Crippen LogP contribution < -0.4 is 10.6 Å². The smallest absolute Gasteiger partial charge is 0.290 e. The lowest BCUT2D eigenvalue weighted by molar-refractivity contribution is -0.116. The van der Waals surface area contributed by atoms with Crippen LogP contribution in [0, 0.1) is 0 Å². The van der Waals surface area contributed by atoms with Gasteiger partial charge in [0.1, 0.15) is 0 Å². The summed E-state index contributed by atoms with van der Waals surface area (Å²) in [5.41, 5.74) is 2.64. The van der Waals surface area contributed by atoms with Crippen molar-refractivity contribution in [2.24, 2.45) is 0 Å². The van der Waals surface area contributed by atoms with Crippen LogP contribution in [0.5, 0.6) is 0 Å². The number of nitrogens with one attached hydrogen (secondary N) is 3. The Morgan fingerprint density at radius 1 is 1.03 bits per heavy atom. The summed E-state index contributed by atoms with van der Waals surface area (Å²) in [6, 6.07) is 17.4. The number of carbonyl (C=O) groups is 3. The summed E-state index contributed by atoms with van der Waals surface area (Å²) in [7, 11) is 0. The van der Waals surface area contributed by atoms with E-state index in [1.54, 1.807) is 4.90 Å². The second kappa shape index (κ2) is 8.86. The van der Waals surface area contributed by atoms with Gasteiger partial charge in [0.2, 0.25) is 11.8 Å². The molecule has 0 saturated carbocycles. The topological polar surface area (TPSA) is 120 Å². The monoisotopic (exact) mass is 457 g/mol. The number of hydrogen-bond donors (Lipinski definition) is 3. The molecule has 5 rings (SSSR count). The molecule has 0 radical (unpaired) electrons. The molecule has 0 spiro atoms. The predicted octanol–water partition coefficient (Wildman–Crippen LogP) is 3.84. The molecule has 0 unspecified atom stereocenters. The van der Waals surface area contributed by atoms with Gasteiger partial charge in [-0.1, -0.05) is 42.5 Å². The molecule has 0 atom stereocenters. The van der Waals surface area contributed by atoms with Gasteiger partial charge in [-0.05, 0) is 28.8 Å². The van der Waals surface area contributed by atoms with E-state index in [9.17, 15) is 14.4 Å². The summed E-state index contributed by atoms with van der Waals surface area (Å²) in [6.45, 7) is 1.98. The van der Waals surface area contributed by atoms with E-state index >= 15 is 0 Å². The quantitative estimate of drug-likeness (QED) is 0.406. The molecule has 0 saturated heterocycles. The van der Waals surface area contributed by atoms with Gasteiger partial charge in [-0.15, -0.1) is 0 Å². The van der Waals surface area contributed by atoms with Crippen molar-refractivity contribution in [3.8, 4) is 0 Å². The van der Waals surface area contributed by atoms with E-state index < -0.39 is 0 Å². The molecule has 9 heteroatoms. The molecular formula is C25H23N5O4. The van der Waals surface area contributed by atoms with Gasteiger partial charge >= 0.3 is 0 Å². The van der Waals surface area contributed by atoms with Crippen molar-refractivity contribution in [1.29, 1.82) is 0 Å². The van der Waals surface area contributed by atoms with Crippen LogP contribution in [0.2, 0.25) is 0 Å². The molecule has 3 N–H and O–H groups in total. The summed E-state index contributed by atoms with van der Waals surface area (Å²) in [5, 5.41) is 14.8. The Kier molecular flexibility index (Phi) is 5.59. The Morgan fingerprint density at radius 2 is 1.85 bits per heavy atom. The molecule has 0 aliphatic carbocycles. The number of benzene rings is 2. The SMILES string of the molecule is CC(=O)Nc1ccc(C(=O)N2Cc3[nH]nc(NC(=O)CCc4ccc5ccccc5c4)c3C2)o1. The number of aromatic nitrogens is 2. The molecule has 3 amide bonds. The van der Waals surface area contributed by atoms with Crippen molar-refractivity contribution in [2.45, 2.75) is 32.9 Å². The van der Waals surface area contributed by atoms with E-state index in [0.29, 0.717) is 31.7 Å². The zero-order valence-electron chi connectivity index (χ0n) is 18.6. The van der Waals surface area contributed by atoms with E-state index in [1.807, 2.05) is 18.2 Å². The fourth-order valence-corrected chi connectivity index (χ4v) is 4.08. The Balaban J connectivity index is 1.19. The largest absolute Gasteiger partial charge is 0.435 e. The van der Waals surface area contributed by atoms with Gasteiger partial charge in [0.05, 0.1) is 18.8 Å². The van der Waals surface area contributed by atoms with Crippen molar-refractivity contribution < 1.29 is 18.8 Å². The van der Waals surface area contributed by atoms with Crippen LogP contribution in [0.25, 0.3) is 10.8 Å². The Bertz CT molecular complexity index is 1400. The minimum Gasteiger partial charge on any atom is -0.435 e. The first-order valence-electron chi connectivity index (χ1n) is 11.0. The second-order valence-electron chi connectivity index (χ2n) is 8.27. The molecule has 172 valence electrons. The molecule has 34 heavy (non-hydrogen) atoms. The van der Waals surface area contributed by atoms with Crippen LogP contribution in [0.15, 0.2) is 59.0 Å². The van der Waals surface area contributed by atoms with Gasteiger partial charge in [-0.2, -0.15) is 5.10 Å². The Labute approximate surface area is 195 Å². The second-order valence-corrected chi connectivity index (χ2v) is 8.27. The zero-order valence-corrected chi connectivity index (χ0v) is 18.6. The van der Waals surface area contributed by atoms with Crippen LogP contribution in [0.4, 0.5) is 11.7 Å². The van der Waals surface area contributed by atoms with E-state index in [0.717, 1.165) is 22.2 Å². The molecule has 9 nitrogen and oxygen atoms in total. The van der Waals surface area contributed by atoms with Crippen molar-refractivity contribution in [3.63, 3.8) is 0 Å². The molecule has 1 aliphatic heterocycles. The maximum atomic E-state index is 12.8. The third-order valence-corrected chi connectivity index (χ3v) is 5.77. The average molecular weight is 457 g/mol. The van der Waals surface area contributed by atoms with Crippen LogP contribution in [-0.4, -0.2) is 32.8 Å². The highest BCUT2D eigenvalue weighted by molar-refractivity contribution is 5.94. The van der Waals surface area contributed by atoms with Gasteiger partial charge in [0.25, 0.3) is 5.91 Å². The van der Waals surface area contributed by atoms with Crippen molar-refractivity contribution in [2.75, 3.05) is 10.6 Å². The molecule has 0 bridgehead atoms. The van der Waals surface area contributed by atoms with Crippen LogP contribution in [0.3, 0.4) is 0 Å². The third-order valence-electron chi connectivity index (χ3n) is 5.77. The van der Waals surface area contributed by atoms with E-state index in [4.69, 9.17) is 4.42 Å². The van der Waals surface area contributed by atoms with Crippen LogP contribution in [0.1, 0.15) is 40.7 Å². The lowest BCUT2D eigenvalue weighted by atomic mass is 10.0. The van der Waals surface area contributed by atoms with Crippen molar-refractivity contribution in [3.05, 3.63) is 77.2 Å². The number of rotatable bonds is 6. The highest BCUT2D eigenvalue weighted by Gasteiger charge is 2.30. The minimum atomic E-state index is -0.310. The van der Waals surface area contributed by atoms with Gasteiger partial charge in [0.15, 0.2) is 17.5 Å². The molecule has 0 fully saturated rings. The van der Waals surface area contributed by atoms with Crippen LogP contribution >= 0.6 is 0 Å². The number of amides is 3. The normalized spacial score (nSPS) is 12.6. The molecule has 4 aromatic rings. The summed E-state index contributed by atoms with van der Waals surface area (Å²) in [6.07, 6.45) is 0.934. The third kappa shape index (κ3) is 4.40. The van der Waals surface area contributed by atoms with E-state index in [1.165, 1.54) is 24.4 Å². The number of hydrogen-bond acceptors (Lipinski definition) is 5. The molecule has 2 aromatic carbocycles. The Morgan fingerprint density at radius 3 is 2.68 bits per heavy atom. The first-order valence-corrected chi connectivity index (χ1v) is 11.0. The molecule has 3 heterocycles. The zero-order chi connectivity index (χ0) is 23.7. The average Bonchev–Trinajstić information content (AvgIpc) is 3.54. The van der Waals surface area contributed by atoms with Crippen LogP contribution in [-0.2, 0) is 29.1 Å². The number of carbonyl (C=O) groups excluding carboxylic acids is 3. The summed E-state index contributed by atoms with van der Waals surface area (Å²) in [4.78, 5) is 38.1. The van der Waals surface area contributed by atoms with Gasteiger partial charge in [0, 0.05) is 25.0 Å². The first kappa shape index (κ1) is 21.4. The molecular weight excluding hydrogens is 434 g/mol.